The van der Waals surface area contributed by atoms with Crippen molar-refractivity contribution in [2.24, 2.45) is 0 Å². The van der Waals surface area contributed by atoms with Gasteiger partial charge in [-0.25, -0.2) is 0 Å². The van der Waals surface area contributed by atoms with Crippen LogP contribution in [0.25, 0.3) is 11.5 Å². The number of ketones is 1. The molecule has 1 aromatic carbocycles. The molecule has 0 fully saturated rings. The van der Waals surface area contributed by atoms with Crippen LogP contribution in [0.3, 0.4) is 0 Å². The van der Waals surface area contributed by atoms with Crippen LogP contribution in [0.1, 0.15) is 28.2 Å². The first-order valence-electron chi connectivity index (χ1n) is 8.90. The first-order chi connectivity index (χ1) is 13.5. The van der Waals surface area contributed by atoms with Crippen LogP contribution in [-0.2, 0) is 11.3 Å². The summed E-state index contributed by atoms with van der Waals surface area (Å²) in [7, 11) is 1.69. The molecule has 0 aliphatic carbocycles. The van der Waals surface area contributed by atoms with Gasteiger partial charge in [-0.2, -0.15) is 0 Å². The minimum atomic E-state index is 0.0404. The van der Waals surface area contributed by atoms with E-state index in [1.54, 1.807) is 19.2 Å². The molecule has 0 unspecified atom stereocenters. The van der Waals surface area contributed by atoms with Gasteiger partial charge in [0.15, 0.2) is 5.78 Å². The van der Waals surface area contributed by atoms with Gasteiger partial charge < -0.3 is 13.7 Å². The van der Waals surface area contributed by atoms with E-state index in [-0.39, 0.29) is 11.5 Å². The van der Waals surface area contributed by atoms with Gasteiger partial charge in [0.25, 0.3) is 5.22 Å². The van der Waals surface area contributed by atoms with Crippen molar-refractivity contribution in [1.29, 1.82) is 0 Å². The maximum Gasteiger partial charge on any atom is 0.277 e. The summed E-state index contributed by atoms with van der Waals surface area (Å²) in [6, 6.07) is 9.14. The number of aryl methyl sites for hydroxylation is 1. The summed E-state index contributed by atoms with van der Waals surface area (Å²) >= 11 is 7.23. The Labute approximate surface area is 173 Å². The van der Waals surface area contributed by atoms with E-state index < -0.39 is 0 Å². The number of benzene rings is 1. The van der Waals surface area contributed by atoms with Crippen molar-refractivity contribution in [3.05, 3.63) is 52.3 Å². The molecule has 0 spiro atoms. The summed E-state index contributed by atoms with van der Waals surface area (Å²) in [6.07, 6.45) is 0.906. The van der Waals surface area contributed by atoms with Crippen LogP contribution in [0.15, 0.2) is 40.0 Å². The first kappa shape index (κ1) is 20.6. The lowest BCUT2D eigenvalue weighted by molar-refractivity contribution is 0.102. The summed E-state index contributed by atoms with van der Waals surface area (Å²) in [4.78, 5) is 12.7. The lowest BCUT2D eigenvalue weighted by Crippen LogP contribution is -2.08. The van der Waals surface area contributed by atoms with Gasteiger partial charge >= 0.3 is 0 Å². The number of carbonyl (C=O) groups excluding carboxylic acids is 1. The minimum Gasteiger partial charge on any atom is -0.411 e. The number of nitrogens with zero attached hydrogens (tertiary/aromatic N) is 3. The molecule has 0 radical (unpaired) electrons. The average molecular weight is 420 g/mol. The topological polar surface area (TPSA) is 70.2 Å². The first-order valence-corrected chi connectivity index (χ1v) is 10.3. The van der Waals surface area contributed by atoms with Gasteiger partial charge in [0.05, 0.1) is 5.75 Å². The lowest BCUT2D eigenvalue weighted by Gasteiger charge is -2.09. The highest BCUT2D eigenvalue weighted by Crippen LogP contribution is 2.26. The van der Waals surface area contributed by atoms with Crippen molar-refractivity contribution in [3.8, 4) is 11.5 Å². The molecule has 0 amide bonds. The van der Waals surface area contributed by atoms with E-state index in [2.05, 4.69) is 14.8 Å². The van der Waals surface area contributed by atoms with Crippen LogP contribution >= 0.6 is 23.4 Å². The minimum absolute atomic E-state index is 0.0404. The van der Waals surface area contributed by atoms with Gasteiger partial charge in [-0.15, -0.1) is 10.2 Å². The third-order valence-corrected chi connectivity index (χ3v) is 5.46. The van der Waals surface area contributed by atoms with E-state index >= 15 is 0 Å². The predicted octanol–water partition coefficient (Wildman–Crippen LogP) is 4.82. The molecule has 8 heteroatoms. The Hall–Kier alpha value is -2.09. The molecule has 0 bridgehead atoms. The monoisotopic (exact) mass is 419 g/mol. The summed E-state index contributed by atoms with van der Waals surface area (Å²) in [5.74, 6) is 0.659. The molecule has 3 rings (SSSR count). The molecule has 0 saturated carbocycles. The third kappa shape index (κ3) is 4.84. The summed E-state index contributed by atoms with van der Waals surface area (Å²) in [5, 5.41) is 9.00. The Morgan fingerprint density at radius 3 is 2.86 bits per heavy atom. The van der Waals surface area contributed by atoms with Crippen molar-refractivity contribution in [2.75, 3.05) is 19.5 Å². The molecule has 2 aromatic heterocycles. The Morgan fingerprint density at radius 1 is 1.29 bits per heavy atom. The zero-order chi connectivity index (χ0) is 20.1. The number of methoxy groups -OCH3 is 1. The second kappa shape index (κ2) is 9.41. The molecular formula is C20H22ClN3O3S. The zero-order valence-electron chi connectivity index (χ0n) is 16.1. The van der Waals surface area contributed by atoms with Crippen LogP contribution in [0, 0.1) is 13.8 Å². The van der Waals surface area contributed by atoms with E-state index in [1.807, 2.05) is 32.0 Å². The highest BCUT2D eigenvalue weighted by Gasteiger charge is 2.17. The average Bonchev–Trinajstić information content (AvgIpc) is 3.26. The number of rotatable bonds is 9. The van der Waals surface area contributed by atoms with Crippen LogP contribution in [0.5, 0.6) is 0 Å². The van der Waals surface area contributed by atoms with E-state index in [4.69, 9.17) is 20.8 Å². The number of carbonyl (C=O) groups is 1. The lowest BCUT2D eigenvalue weighted by atomic mass is 10.2. The number of halogens is 1. The number of hydrogen-bond acceptors (Lipinski definition) is 6. The zero-order valence-corrected chi connectivity index (χ0v) is 17.6. The van der Waals surface area contributed by atoms with E-state index in [0.717, 1.165) is 35.5 Å². The fourth-order valence-electron chi connectivity index (χ4n) is 3.01. The van der Waals surface area contributed by atoms with Crippen molar-refractivity contribution >= 4 is 29.1 Å². The summed E-state index contributed by atoms with van der Waals surface area (Å²) in [5.41, 5.74) is 3.53. The number of thioether (sulfide) groups is 1. The van der Waals surface area contributed by atoms with Crippen molar-refractivity contribution in [2.45, 2.75) is 32.0 Å². The third-order valence-electron chi connectivity index (χ3n) is 4.41. The van der Waals surface area contributed by atoms with Crippen molar-refractivity contribution in [3.63, 3.8) is 0 Å². The van der Waals surface area contributed by atoms with Gasteiger partial charge in [0.2, 0.25) is 5.89 Å². The smallest absolute Gasteiger partial charge is 0.277 e. The maximum absolute atomic E-state index is 12.7. The van der Waals surface area contributed by atoms with Gasteiger partial charge in [0, 0.05) is 47.8 Å². The molecule has 0 saturated heterocycles. The van der Waals surface area contributed by atoms with Gasteiger partial charge in [-0.3, -0.25) is 4.79 Å². The molecule has 6 nitrogen and oxygen atoms in total. The second-order valence-electron chi connectivity index (χ2n) is 6.38. The van der Waals surface area contributed by atoms with E-state index in [1.165, 1.54) is 11.8 Å². The maximum atomic E-state index is 12.7. The van der Waals surface area contributed by atoms with E-state index in [0.29, 0.717) is 22.7 Å². The fourth-order valence-corrected chi connectivity index (χ4v) is 3.84. The molecule has 0 N–H and O–H groups in total. The molecule has 0 aliphatic heterocycles. The van der Waals surface area contributed by atoms with Crippen LogP contribution in [0.4, 0.5) is 0 Å². The fraction of sp³-hybridized carbons (Fsp3) is 0.350. The highest BCUT2D eigenvalue weighted by molar-refractivity contribution is 7.99. The van der Waals surface area contributed by atoms with Crippen LogP contribution in [-0.4, -0.2) is 40.0 Å². The highest BCUT2D eigenvalue weighted by atomic mass is 35.5. The van der Waals surface area contributed by atoms with E-state index in [9.17, 15) is 4.79 Å². The van der Waals surface area contributed by atoms with Gasteiger partial charge in [-0.1, -0.05) is 29.4 Å². The second-order valence-corrected chi connectivity index (χ2v) is 7.74. The normalized spacial score (nSPS) is 11.1. The molecule has 2 heterocycles. The largest absolute Gasteiger partial charge is 0.411 e. The molecular weight excluding hydrogens is 398 g/mol. The Morgan fingerprint density at radius 2 is 2.11 bits per heavy atom. The van der Waals surface area contributed by atoms with Gasteiger partial charge in [0.1, 0.15) is 0 Å². The summed E-state index contributed by atoms with van der Waals surface area (Å²) in [6.45, 7) is 5.52. The molecule has 3 aromatic rings. The summed E-state index contributed by atoms with van der Waals surface area (Å²) < 4.78 is 12.9. The number of ether oxygens (including phenoxy) is 1. The Balaban J connectivity index is 1.64. The molecule has 148 valence electrons. The molecule has 0 aliphatic rings. The Bertz CT molecular complexity index is 968. The Kier molecular flexibility index (Phi) is 6.93. The molecule has 0 atom stereocenters. The number of aromatic nitrogens is 3. The quantitative estimate of drug-likeness (QED) is 0.281. The van der Waals surface area contributed by atoms with Crippen LogP contribution in [0.2, 0.25) is 5.02 Å². The number of hydrogen-bond donors (Lipinski definition) is 0. The predicted molar refractivity (Wildman–Crippen MR) is 110 cm³/mol. The van der Waals surface area contributed by atoms with Crippen LogP contribution < -0.4 is 0 Å². The standard InChI is InChI=1S/C20H22ClN3O3S/c1-13-10-17(14(2)24(13)8-5-9-26-3)18(25)12-28-20-23-22-19(27-20)15-6-4-7-16(21)11-15/h4,6-7,10-11H,5,8-9,12H2,1-3H3. The molecule has 28 heavy (non-hydrogen) atoms. The van der Waals surface area contributed by atoms with Crippen molar-refractivity contribution in [1.82, 2.24) is 14.8 Å². The van der Waals surface area contributed by atoms with Gasteiger partial charge in [-0.05, 0) is 44.5 Å². The van der Waals surface area contributed by atoms with Crippen molar-refractivity contribution < 1.29 is 13.9 Å². The number of Topliss-reactive ketones (excluding diaryl/α,β-unsaturated/α-hetero) is 1. The SMILES string of the molecule is COCCCn1c(C)cc(C(=O)CSc2nnc(-c3cccc(Cl)c3)o2)c1C.